The van der Waals surface area contributed by atoms with Gasteiger partial charge < -0.3 is 10.6 Å². The monoisotopic (exact) mass is 330 g/mol. The highest BCUT2D eigenvalue weighted by Gasteiger charge is 2.22. The second kappa shape index (κ2) is 6.65. The van der Waals surface area contributed by atoms with Crippen molar-refractivity contribution in [2.45, 2.75) is 24.6 Å². The van der Waals surface area contributed by atoms with Gasteiger partial charge >= 0.3 is 0 Å². The second-order valence-electron chi connectivity index (χ2n) is 4.51. The van der Waals surface area contributed by atoms with Crippen LogP contribution < -0.4 is 10.6 Å². The van der Waals surface area contributed by atoms with Crippen molar-refractivity contribution in [2.75, 3.05) is 11.9 Å². The van der Waals surface area contributed by atoms with Gasteiger partial charge in [-0.3, -0.25) is 9.59 Å². The van der Waals surface area contributed by atoms with Crippen LogP contribution in [0, 0.1) is 5.82 Å². The summed E-state index contributed by atoms with van der Waals surface area (Å²) in [5, 5.41) is 5.06. The Morgan fingerprint density at radius 3 is 2.53 bits per heavy atom. The normalized spacial score (nSPS) is 10.9. The number of amides is 2. The number of benzene rings is 1. The smallest absolute Gasteiger partial charge is 0.236 e. The first-order chi connectivity index (χ1) is 8.80. The first kappa shape index (κ1) is 15.6. The summed E-state index contributed by atoms with van der Waals surface area (Å²) >= 11 is 3.21. The number of hydrogen-bond acceptors (Lipinski definition) is 2. The Kier molecular flexibility index (Phi) is 5.47. The zero-order valence-corrected chi connectivity index (χ0v) is 12.4. The quantitative estimate of drug-likeness (QED) is 0.815. The lowest BCUT2D eigenvalue weighted by molar-refractivity contribution is -0.122. The molecule has 0 unspecified atom stereocenters. The molecule has 0 atom stereocenters. The molecule has 0 aliphatic carbocycles. The molecule has 0 saturated carbocycles. The minimum atomic E-state index is -0.672. The van der Waals surface area contributed by atoms with Gasteiger partial charge in [0, 0.05) is 13.0 Å². The molecule has 0 aliphatic rings. The van der Waals surface area contributed by atoms with E-state index >= 15 is 0 Å². The molecule has 0 heterocycles. The Labute approximate surface area is 119 Å². The van der Waals surface area contributed by atoms with E-state index in [-0.39, 0.29) is 30.5 Å². The predicted octanol–water partition coefficient (Wildman–Crippen LogP) is 2.44. The van der Waals surface area contributed by atoms with Crippen molar-refractivity contribution >= 4 is 33.4 Å². The number of carbonyl (C=O) groups is 2. The van der Waals surface area contributed by atoms with Crippen LogP contribution in [0.2, 0.25) is 0 Å². The van der Waals surface area contributed by atoms with Gasteiger partial charge in [-0.1, -0.05) is 28.1 Å². The summed E-state index contributed by atoms with van der Waals surface area (Å²) in [6, 6.07) is 5.93. The molecule has 0 radical (unpaired) electrons. The van der Waals surface area contributed by atoms with Gasteiger partial charge in [0.15, 0.2) is 0 Å². The maximum absolute atomic E-state index is 13.3. The van der Waals surface area contributed by atoms with Crippen molar-refractivity contribution in [3.05, 3.63) is 30.1 Å². The Bertz CT molecular complexity index is 472. The molecule has 2 amide bonds. The molecule has 4 nitrogen and oxygen atoms in total. The third kappa shape index (κ3) is 5.38. The summed E-state index contributed by atoms with van der Waals surface area (Å²) in [6.07, 6.45) is 0.0865. The van der Waals surface area contributed by atoms with E-state index in [0.29, 0.717) is 0 Å². The van der Waals surface area contributed by atoms with Crippen LogP contribution in [0.4, 0.5) is 10.1 Å². The molecule has 1 aromatic carbocycles. The molecule has 104 valence electrons. The highest BCUT2D eigenvalue weighted by Crippen LogP contribution is 2.15. The summed E-state index contributed by atoms with van der Waals surface area (Å²) in [5.41, 5.74) is 0.139. The number of hydrogen-bond donors (Lipinski definition) is 2. The summed E-state index contributed by atoms with van der Waals surface area (Å²) in [7, 11) is 0. The highest BCUT2D eigenvalue weighted by molar-refractivity contribution is 9.10. The zero-order chi connectivity index (χ0) is 14.5. The van der Waals surface area contributed by atoms with Gasteiger partial charge in [-0.2, -0.15) is 0 Å². The molecule has 0 bridgehead atoms. The van der Waals surface area contributed by atoms with Crippen molar-refractivity contribution in [3.63, 3.8) is 0 Å². The Morgan fingerprint density at radius 2 is 1.95 bits per heavy atom. The van der Waals surface area contributed by atoms with Gasteiger partial charge in [-0.15, -0.1) is 0 Å². The standard InChI is InChI=1S/C13H16BrFN2O2/c1-13(2,14)12(19)16-8-7-11(18)17-10-6-4-3-5-9(10)15/h3-6H,7-8H2,1-2H3,(H,16,19)(H,17,18). The maximum atomic E-state index is 13.3. The fourth-order valence-corrected chi connectivity index (χ4v) is 1.42. The van der Waals surface area contributed by atoms with Gasteiger partial charge in [0.2, 0.25) is 11.8 Å². The van der Waals surface area contributed by atoms with Gasteiger partial charge in [0.05, 0.1) is 10.0 Å². The maximum Gasteiger partial charge on any atom is 0.236 e. The van der Waals surface area contributed by atoms with E-state index in [1.165, 1.54) is 12.1 Å². The van der Waals surface area contributed by atoms with E-state index in [1.54, 1.807) is 26.0 Å². The van der Waals surface area contributed by atoms with Gasteiger partial charge in [-0.05, 0) is 26.0 Å². The van der Waals surface area contributed by atoms with Crippen LogP contribution >= 0.6 is 15.9 Å². The summed E-state index contributed by atoms with van der Waals surface area (Å²) in [5.74, 6) is -1.04. The van der Waals surface area contributed by atoms with Crippen LogP contribution in [0.15, 0.2) is 24.3 Å². The van der Waals surface area contributed by atoms with Crippen LogP contribution in [0.25, 0.3) is 0 Å². The molecular formula is C13H16BrFN2O2. The average Bonchev–Trinajstić information content (AvgIpc) is 2.31. The summed E-state index contributed by atoms with van der Waals surface area (Å²) in [4.78, 5) is 23.1. The molecule has 0 aromatic heterocycles. The Morgan fingerprint density at radius 1 is 1.32 bits per heavy atom. The Hall–Kier alpha value is -1.43. The SMILES string of the molecule is CC(C)(Br)C(=O)NCCC(=O)Nc1ccccc1F. The largest absolute Gasteiger partial charge is 0.354 e. The first-order valence-electron chi connectivity index (χ1n) is 5.82. The van der Waals surface area contributed by atoms with E-state index in [0.717, 1.165) is 0 Å². The summed E-state index contributed by atoms with van der Waals surface area (Å²) in [6.45, 7) is 3.62. The third-order valence-electron chi connectivity index (χ3n) is 2.33. The van der Waals surface area contributed by atoms with Crippen LogP contribution in [0.1, 0.15) is 20.3 Å². The fraction of sp³-hybridized carbons (Fsp3) is 0.385. The number of alkyl halides is 1. The molecule has 1 aromatic rings. The minimum absolute atomic E-state index is 0.0865. The number of anilines is 1. The zero-order valence-electron chi connectivity index (χ0n) is 10.8. The molecule has 0 aliphatic heterocycles. The van der Waals surface area contributed by atoms with Crippen LogP contribution in [-0.4, -0.2) is 22.7 Å². The molecule has 0 spiro atoms. The van der Waals surface area contributed by atoms with Crippen molar-refractivity contribution in [1.82, 2.24) is 5.32 Å². The van der Waals surface area contributed by atoms with E-state index in [2.05, 4.69) is 26.6 Å². The number of para-hydroxylation sites is 1. The number of halogens is 2. The molecular weight excluding hydrogens is 315 g/mol. The summed E-state index contributed by atoms with van der Waals surface area (Å²) < 4.78 is 12.6. The van der Waals surface area contributed by atoms with Gasteiger partial charge in [0.1, 0.15) is 5.82 Å². The minimum Gasteiger partial charge on any atom is -0.354 e. The van der Waals surface area contributed by atoms with Crippen LogP contribution in [0.3, 0.4) is 0 Å². The van der Waals surface area contributed by atoms with Crippen LogP contribution in [-0.2, 0) is 9.59 Å². The first-order valence-corrected chi connectivity index (χ1v) is 6.61. The predicted molar refractivity (Wildman–Crippen MR) is 75.7 cm³/mol. The third-order valence-corrected chi connectivity index (χ3v) is 2.69. The van der Waals surface area contributed by atoms with Crippen molar-refractivity contribution in [2.24, 2.45) is 0 Å². The average molecular weight is 331 g/mol. The highest BCUT2D eigenvalue weighted by atomic mass is 79.9. The lowest BCUT2D eigenvalue weighted by atomic mass is 10.2. The molecule has 6 heteroatoms. The number of nitrogens with one attached hydrogen (secondary N) is 2. The number of carbonyl (C=O) groups excluding carboxylic acids is 2. The molecule has 1 rings (SSSR count). The molecule has 19 heavy (non-hydrogen) atoms. The van der Waals surface area contributed by atoms with E-state index < -0.39 is 10.1 Å². The van der Waals surface area contributed by atoms with Crippen molar-refractivity contribution in [1.29, 1.82) is 0 Å². The molecule has 0 fully saturated rings. The fourth-order valence-electron chi connectivity index (χ4n) is 1.28. The van der Waals surface area contributed by atoms with Crippen LogP contribution in [0.5, 0.6) is 0 Å². The molecule has 0 saturated heterocycles. The van der Waals surface area contributed by atoms with E-state index in [1.807, 2.05) is 0 Å². The number of rotatable bonds is 5. The molecule has 2 N–H and O–H groups in total. The lowest BCUT2D eigenvalue weighted by Gasteiger charge is -2.15. The topological polar surface area (TPSA) is 58.2 Å². The van der Waals surface area contributed by atoms with E-state index in [9.17, 15) is 14.0 Å². The Balaban J connectivity index is 2.37. The van der Waals surface area contributed by atoms with Crippen molar-refractivity contribution < 1.29 is 14.0 Å². The van der Waals surface area contributed by atoms with Gasteiger partial charge in [0.25, 0.3) is 0 Å². The second-order valence-corrected chi connectivity index (χ2v) is 6.49. The lowest BCUT2D eigenvalue weighted by Crippen LogP contribution is -2.38. The van der Waals surface area contributed by atoms with Gasteiger partial charge in [-0.25, -0.2) is 4.39 Å². The van der Waals surface area contributed by atoms with Crippen molar-refractivity contribution in [3.8, 4) is 0 Å². The van der Waals surface area contributed by atoms with E-state index in [4.69, 9.17) is 0 Å².